The van der Waals surface area contributed by atoms with E-state index < -0.39 is 0 Å². The van der Waals surface area contributed by atoms with Crippen LogP contribution < -0.4 is 5.32 Å². The van der Waals surface area contributed by atoms with Gasteiger partial charge >= 0.3 is 0 Å². The Labute approximate surface area is 116 Å². The predicted octanol–water partition coefficient (Wildman–Crippen LogP) is 3.23. The van der Waals surface area contributed by atoms with Crippen LogP contribution >= 0.6 is 24.0 Å². The normalized spacial score (nSPS) is 12.2. The minimum absolute atomic E-state index is 0.0835. The second-order valence-corrected chi connectivity index (χ2v) is 5.84. The quantitative estimate of drug-likeness (QED) is 0.846. The maximum atomic E-state index is 12.0. The molecule has 0 aliphatic carbocycles. The number of hydrogen-bond acceptors (Lipinski definition) is 4. The molecule has 1 N–H and O–H groups in total. The van der Waals surface area contributed by atoms with Crippen LogP contribution in [-0.2, 0) is 0 Å². The van der Waals surface area contributed by atoms with Crippen LogP contribution in [0.1, 0.15) is 33.2 Å². The first-order valence-electron chi connectivity index (χ1n) is 5.58. The van der Waals surface area contributed by atoms with Crippen LogP contribution in [0.15, 0.2) is 35.4 Å². The molecule has 0 fully saturated rings. The van der Waals surface area contributed by atoms with Crippen molar-refractivity contribution >= 4 is 29.9 Å². The summed E-state index contributed by atoms with van der Waals surface area (Å²) in [5, 5.41) is 3.85. The maximum Gasteiger partial charge on any atom is 0.251 e. The SMILES string of the molecule is Cc1cnc(C(C)NC(=O)c2cccc(S)c2)s1. The highest BCUT2D eigenvalue weighted by Crippen LogP contribution is 2.19. The van der Waals surface area contributed by atoms with Crippen LogP contribution in [0.2, 0.25) is 0 Å². The summed E-state index contributed by atoms with van der Waals surface area (Å²) in [5.41, 5.74) is 0.614. The van der Waals surface area contributed by atoms with E-state index in [1.165, 1.54) is 0 Å². The molecule has 0 aliphatic rings. The topological polar surface area (TPSA) is 42.0 Å². The fourth-order valence-corrected chi connectivity index (χ4v) is 2.56. The lowest BCUT2D eigenvalue weighted by Crippen LogP contribution is -2.26. The molecular formula is C13H14N2OS2. The number of nitrogens with zero attached hydrogens (tertiary/aromatic N) is 1. The molecule has 0 spiro atoms. The minimum Gasteiger partial charge on any atom is -0.343 e. The number of carbonyl (C=O) groups excluding carboxylic acids is 1. The molecule has 5 heteroatoms. The molecule has 2 aromatic rings. The van der Waals surface area contributed by atoms with E-state index in [4.69, 9.17) is 0 Å². The van der Waals surface area contributed by atoms with Crippen molar-refractivity contribution in [3.63, 3.8) is 0 Å². The second kappa shape index (κ2) is 5.54. The lowest BCUT2D eigenvalue weighted by Gasteiger charge is -2.11. The minimum atomic E-state index is -0.105. The standard InChI is InChI=1S/C13H14N2OS2/c1-8-7-14-13(18-8)9(2)15-12(16)10-4-3-5-11(17)6-10/h3-7,9,17H,1-2H3,(H,15,16). The molecular weight excluding hydrogens is 264 g/mol. The third-order valence-corrected chi connectivity index (χ3v) is 3.84. The Balaban J connectivity index is 2.08. The number of thiazole rings is 1. The first kappa shape index (κ1) is 13.1. The number of nitrogens with one attached hydrogen (secondary N) is 1. The lowest BCUT2D eigenvalue weighted by molar-refractivity contribution is 0.0939. The summed E-state index contributed by atoms with van der Waals surface area (Å²) in [5.74, 6) is -0.105. The molecule has 1 atom stereocenters. The third-order valence-electron chi connectivity index (χ3n) is 2.47. The summed E-state index contributed by atoms with van der Waals surface area (Å²) < 4.78 is 0. The van der Waals surface area contributed by atoms with Gasteiger partial charge in [0, 0.05) is 21.5 Å². The average Bonchev–Trinajstić information content (AvgIpc) is 2.76. The molecule has 1 aromatic carbocycles. The van der Waals surface area contributed by atoms with Gasteiger partial charge < -0.3 is 5.32 Å². The summed E-state index contributed by atoms with van der Waals surface area (Å²) in [7, 11) is 0. The fourth-order valence-electron chi connectivity index (χ4n) is 1.56. The molecule has 94 valence electrons. The molecule has 0 bridgehead atoms. The Kier molecular flexibility index (Phi) is 4.04. The molecule has 1 unspecified atom stereocenters. The molecule has 0 saturated heterocycles. The number of rotatable bonds is 3. The van der Waals surface area contributed by atoms with Gasteiger partial charge in [0.05, 0.1) is 6.04 Å². The van der Waals surface area contributed by atoms with E-state index in [0.29, 0.717) is 5.56 Å². The van der Waals surface area contributed by atoms with E-state index in [1.54, 1.807) is 23.5 Å². The fraction of sp³-hybridized carbons (Fsp3) is 0.231. The number of aromatic nitrogens is 1. The molecule has 0 saturated carbocycles. The van der Waals surface area contributed by atoms with E-state index in [0.717, 1.165) is 14.8 Å². The molecule has 1 amide bonds. The third kappa shape index (κ3) is 3.11. The summed E-state index contributed by atoms with van der Waals surface area (Å²) in [6.07, 6.45) is 1.82. The molecule has 1 heterocycles. The first-order valence-corrected chi connectivity index (χ1v) is 6.85. The summed E-state index contributed by atoms with van der Waals surface area (Å²) in [6.45, 7) is 3.93. The van der Waals surface area contributed by atoms with Gasteiger partial charge in [-0.2, -0.15) is 0 Å². The Bertz CT molecular complexity index is 566. The van der Waals surface area contributed by atoms with Crippen molar-refractivity contribution in [2.45, 2.75) is 24.8 Å². The molecule has 3 nitrogen and oxygen atoms in total. The van der Waals surface area contributed by atoms with E-state index in [2.05, 4.69) is 22.9 Å². The Morgan fingerprint density at radius 3 is 2.89 bits per heavy atom. The van der Waals surface area contributed by atoms with E-state index in [-0.39, 0.29) is 11.9 Å². The van der Waals surface area contributed by atoms with Crippen molar-refractivity contribution in [3.8, 4) is 0 Å². The first-order chi connectivity index (χ1) is 8.56. The van der Waals surface area contributed by atoms with Crippen molar-refractivity contribution in [1.29, 1.82) is 0 Å². The van der Waals surface area contributed by atoms with Crippen molar-refractivity contribution in [2.24, 2.45) is 0 Å². The smallest absolute Gasteiger partial charge is 0.251 e. The summed E-state index contributed by atoms with van der Waals surface area (Å²) in [6, 6.07) is 7.09. The average molecular weight is 278 g/mol. The number of amides is 1. The number of carbonyl (C=O) groups is 1. The van der Waals surface area contributed by atoms with Crippen molar-refractivity contribution in [2.75, 3.05) is 0 Å². The van der Waals surface area contributed by atoms with Gasteiger partial charge in [0.2, 0.25) is 0 Å². The van der Waals surface area contributed by atoms with Gasteiger partial charge in [0.15, 0.2) is 0 Å². The number of thiol groups is 1. The van der Waals surface area contributed by atoms with Gasteiger partial charge in [-0.25, -0.2) is 4.98 Å². The summed E-state index contributed by atoms with van der Waals surface area (Å²) in [4.78, 5) is 18.2. The highest BCUT2D eigenvalue weighted by molar-refractivity contribution is 7.80. The Hall–Kier alpha value is -1.33. The Morgan fingerprint density at radius 1 is 1.50 bits per heavy atom. The monoisotopic (exact) mass is 278 g/mol. The Morgan fingerprint density at radius 2 is 2.28 bits per heavy atom. The number of aryl methyl sites for hydroxylation is 1. The van der Waals surface area contributed by atoms with Crippen LogP contribution in [0.3, 0.4) is 0 Å². The largest absolute Gasteiger partial charge is 0.343 e. The van der Waals surface area contributed by atoms with Gasteiger partial charge in [0.25, 0.3) is 5.91 Å². The van der Waals surface area contributed by atoms with Crippen LogP contribution in [0.25, 0.3) is 0 Å². The van der Waals surface area contributed by atoms with Crippen LogP contribution in [-0.4, -0.2) is 10.9 Å². The van der Waals surface area contributed by atoms with E-state index >= 15 is 0 Å². The van der Waals surface area contributed by atoms with Gasteiger partial charge in [0.1, 0.15) is 5.01 Å². The molecule has 0 aliphatic heterocycles. The number of hydrogen-bond donors (Lipinski definition) is 2. The molecule has 0 radical (unpaired) electrons. The van der Waals surface area contributed by atoms with Crippen molar-refractivity contribution in [3.05, 3.63) is 45.9 Å². The van der Waals surface area contributed by atoms with Crippen LogP contribution in [0.4, 0.5) is 0 Å². The van der Waals surface area contributed by atoms with Crippen molar-refractivity contribution < 1.29 is 4.79 Å². The lowest BCUT2D eigenvalue weighted by atomic mass is 10.2. The van der Waals surface area contributed by atoms with Gasteiger partial charge in [-0.1, -0.05) is 6.07 Å². The predicted molar refractivity (Wildman–Crippen MR) is 76.4 cm³/mol. The van der Waals surface area contributed by atoms with Crippen LogP contribution in [0.5, 0.6) is 0 Å². The highest BCUT2D eigenvalue weighted by Gasteiger charge is 2.13. The summed E-state index contributed by atoms with van der Waals surface area (Å²) >= 11 is 5.82. The van der Waals surface area contributed by atoms with E-state index in [1.807, 2.05) is 32.2 Å². The van der Waals surface area contributed by atoms with E-state index in [9.17, 15) is 4.79 Å². The molecule has 2 rings (SSSR count). The molecule has 18 heavy (non-hydrogen) atoms. The zero-order chi connectivity index (χ0) is 13.1. The van der Waals surface area contributed by atoms with Gasteiger partial charge in [-0.15, -0.1) is 24.0 Å². The van der Waals surface area contributed by atoms with Gasteiger partial charge in [-0.05, 0) is 32.0 Å². The zero-order valence-corrected chi connectivity index (χ0v) is 11.9. The number of benzene rings is 1. The molecule has 1 aromatic heterocycles. The highest BCUT2D eigenvalue weighted by atomic mass is 32.1. The second-order valence-electron chi connectivity index (χ2n) is 4.05. The van der Waals surface area contributed by atoms with Crippen molar-refractivity contribution in [1.82, 2.24) is 10.3 Å². The van der Waals surface area contributed by atoms with Crippen LogP contribution in [0, 0.1) is 6.92 Å². The van der Waals surface area contributed by atoms with Gasteiger partial charge in [-0.3, -0.25) is 4.79 Å². The maximum absolute atomic E-state index is 12.0. The zero-order valence-electron chi connectivity index (χ0n) is 10.2.